The van der Waals surface area contributed by atoms with Gasteiger partial charge in [0.05, 0.1) is 23.6 Å². The Balaban J connectivity index is 2.38. The first-order valence-electron chi connectivity index (χ1n) is 6.16. The highest BCUT2D eigenvalue weighted by Gasteiger charge is 2.39. The molecule has 0 saturated carbocycles. The second-order valence-corrected chi connectivity index (χ2v) is 4.69. The maximum atomic E-state index is 12.3. The number of amides is 2. The van der Waals surface area contributed by atoms with E-state index in [0.717, 1.165) is 10.5 Å². The molecule has 5 nitrogen and oxygen atoms in total. The van der Waals surface area contributed by atoms with E-state index in [1.807, 2.05) is 6.92 Å². The number of hydrogen-bond acceptors (Lipinski definition) is 3. The highest BCUT2D eigenvalue weighted by atomic mass is 16.4. The minimum atomic E-state index is -1.01. The second-order valence-electron chi connectivity index (χ2n) is 4.69. The summed E-state index contributed by atoms with van der Waals surface area (Å²) in [6.45, 7) is 3.61. The number of hydrogen-bond donors (Lipinski definition) is 1. The van der Waals surface area contributed by atoms with E-state index in [0.29, 0.717) is 17.5 Å². The Bertz CT molecular complexity index is 565. The number of carboxylic acids is 1. The summed E-state index contributed by atoms with van der Waals surface area (Å²) in [7, 11) is 0. The van der Waals surface area contributed by atoms with Crippen LogP contribution in [0.2, 0.25) is 0 Å². The molecule has 100 valence electrons. The van der Waals surface area contributed by atoms with Gasteiger partial charge in [0.2, 0.25) is 0 Å². The Kier molecular flexibility index (Phi) is 3.38. The first kappa shape index (κ1) is 13.3. The average molecular weight is 261 g/mol. The molecule has 5 heteroatoms. The first-order chi connectivity index (χ1) is 8.95. The fourth-order valence-corrected chi connectivity index (χ4v) is 2.32. The van der Waals surface area contributed by atoms with Crippen molar-refractivity contribution >= 4 is 17.8 Å². The molecule has 0 spiro atoms. The molecule has 1 unspecified atom stereocenters. The van der Waals surface area contributed by atoms with Crippen molar-refractivity contribution in [2.45, 2.75) is 32.7 Å². The van der Waals surface area contributed by atoms with E-state index in [2.05, 4.69) is 0 Å². The number of aryl methyl sites for hydroxylation is 1. The van der Waals surface area contributed by atoms with Gasteiger partial charge < -0.3 is 5.11 Å². The molecule has 1 N–H and O–H groups in total. The molecule has 1 atom stereocenters. The maximum absolute atomic E-state index is 12.3. The smallest absolute Gasteiger partial charge is 0.305 e. The van der Waals surface area contributed by atoms with E-state index < -0.39 is 23.8 Å². The van der Waals surface area contributed by atoms with Crippen LogP contribution in [0.3, 0.4) is 0 Å². The van der Waals surface area contributed by atoms with Crippen molar-refractivity contribution in [1.82, 2.24) is 4.90 Å². The number of nitrogens with zero attached hydrogens (tertiary/aromatic N) is 1. The van der Waals surface area contributed by atoms with Crippen molar-refractivity contribution in [3.63, 3.8) is 0 Å². The quantitative estimate of drug-likeness (QED) is 0.839. The highest BCUT2D eigenvalue weighted by molar-refractivity contribution is 6.21. The number of aliphatic carboxylic acids is 1. The maximum Gasteiger partial charge on any atom is 0.305 e. The lowest BCUT2D eigenvalue weighted by Gasteiger charge is -2.23. The van der Waals surface area contributed by atoms with Crippen LogP contribution in [0.1, 0.15) is 46.0 Å². The Hall–Kier alpha value is -2.17. The summed E-state index contributed by atoms with van der Waals surface area (Å²) >= 11 is 0. The Labute approximate surface area is 110 Å². The van der Waals surface area contributed by atoms with Crippen molar-refractivity contribution in [2.75, 3.05) is 0 Å². The molecule has 1 aliphatic rings. The number of carboxylic acid groups (broad SMARTS) is 1. The van der Waals surface area contributed by atoms with Crippen molar-refractivity contribution in [2.24, 2.45) is 0 Å². The molecule has 1 aromatic rings. The predicted octanol–water partition coefficient (Wildman–Crippen LogP) is 1.84. The normalized spacial score (nSPS) is 15.6. The zero-order valence-corrected chi connectivity index (χ0v) is 10.8. The molecule has 0 fully saturated rings. The highest BCUT2D eigenvalue weighted by Crippen LogP contribution is 2.27. The fourth-order valence-electron chi connectivity index (χ4n) is 2.32. The van der Waals surface area contributed by atoms with Crippen LogP contribution in [0.15, 0.2) is 18.2 Å². The Morgan fingerprint density at radius 2 is 1.89 bits per heavy atom. The summed E-state index contributed by atoms with van der Waals surface area (Å²) in [4.78, 5) is 36.4. The largest absolute Gasteiger partial charge is 0.481 e. The molecule has 1 heterocycles. The van der Waals surface area contributed by atoms with E-state index in [-0.39, 0.29) is 6.42 Å². The van der Waals surface area contributed by atoms with E-state index in [1.54, 1.807) is 25.1 Å². The topological polar surface area (TPSA) is 74.7 Å². The lowest BCUT2D eigenvalue weighted by molar-refractivity contribution is -0.137. The molecule has 2 rings (SSSR count). The zero-order chi connectivity index (χ0) is 14.2. The number of carbonyl (C=O) groups excluding carboxylic acids is 2. The van der Waals surface area contributed by atoms with Gasteiger partial charge in [-0.1, -0.05) is 18.6 Å². The fraction of sp³-hybridized carbons (Fsp3) is 0.357. The third kappa shape index (κ3) is 2.23. The van der Waals surface area contributed by atoms with Gasteiger partial charge in [0.1, 0.15) is 0 Å². The number of imide groups is 1. The Morgan fingerprint density at radius 3 is 2.47 bits per heavy atom. The lowest BCUT2D eigenvalue weighted by Crippen LogP contribution is -2.40. The summed E-state index contributed by atoms with van der Waals surface area (Å²) in [5.74, 6) is -1.80. The Morgan fingerprint density at radius 1 is 1.26 bits per heavy atom. The van der Waals surface area contributed by atoms with Gasteiger partial charge >= 0.3 is 5.97 Å². The van der Waals surface area contributed by atoms with Gasteiger partial charge in [-0.3, -0.25) is 19.3 Å². The summed E-state index contributed by atoms with van der Waals surface area (Å²) < 4.78 is 0. The molecule has 0 aromatic heterocycles. The van der Waals surface area contributed by atoms with Crippen LogP contribution in [0.25, 0.3) is 0 Å². The third-order valence-electron chi connectivity index (χ3n) is 3.32. The van der Waals surface area contributed by atoms with Crippen LogP contribution in [0.4, 0.5) is 0 Å². The van der Waals surface area contributed by atoms with Crippen LogP contribution in [-0.4, -0.2) is 33.8 Å². The van der Waals surface area contributed by atoms with Crippen LogP contribution >= 0.6 is 0 Å². The van der Waals surface area contributed by atoms with Gasteiger partial charge in [0.25, 0.3) is 11.8 Å². The third-order valence-corrected chi connectivity index (χ3v) is 3.32. The molecule has 0 bridgehead atoms. The molecule has 0 saturated heterocycles. The molecular weight excluding hydrogens is 246 g/mol. The molecule has 1 aliphatic heterocycles. The van der Waals surface area contributed by atoms with E-state index in [9.17, 15) is 14.4 Å². The minimum Gasteiger partial charge on any atom is -0.481 e. The van der Waals surface area contributed by atoms with Gasteiger partial charge in [-0.15, -0.1) is 0 Å². The zero-order valence-electron chi connectivity index (χ0n) is 10.8. The molecule has 2 amide bonds. The number of benzene rings is 1. The van der Waals surface area contributed by atoms with Crippen molar-refractivity contribution in [3.8, 4) is 0 Å². The lowest BCUT2D eigenvalue weighted by atomic mass is 10.1. The van der Waals surface area contributed by atoms with Crippen molar-refractivity contribution in [3.05, 3.63) is 34.9 Å². The van der Waals surface area contributed by atoms with E-state index in [4.69, 9.17) is 5.11 Å². The number of fused-ring (bicyclic) bond motifs is 1. The summed E-state index contributed by atoms with van der Waals surface area (Å²) in [6, 6.07) is 4.47. The predicted molar refractivity (Wildman–Crippen MR) is 68.0 cm³/mol. The summed E-state index contributed by atoms with van der Waals surface area (Å²) in [5, 5.41) is 8.86. The van der Waals surface area contributed by atoms with Gasteiger partial charge in [-0.2, -0.15) is 0 Å². The number of rotatable bonds is 4. The van der Waals surface area contributed by atoms with Gasteiger partial charge in [-0.25, -0.2) is 0 Å². The van der Waals surface area contributed by atoms with Gasteiger partial charge in [-0.05, 0) is 25.5 Å². The monoisotopic (exact) mass is 261 g/mol. The molecule has 0 radical (unpaired) electrons. The summed E-state index contributed by atoms with van der Waals surface area (Å²) in [5.41, 5.74) is 1.63. The average Bonchev–Trinajstić information content (AvgIpc) is 2.59. The van der Waals surface area contributed by atoms with Gasteiger partial charge in [0, 0.05) is 0 Å². The van der Waals surface area contributed by atoms with E-state index in [1.165, 1.54) is 0 Å². The van der Waals surface area contributed by atoms with Crippen LogP contribution in [-0.2, 0) is 4.79 Å². The number of carbonyl (C=O) groups is 3. The van der Waals surface area contributed by atoms with Crippen molar-refractivity contribution < 1.29 is 19.5 Å². The molecule has 0 aliphatic carbocycles. The molecular formula is C14H15NO4. The summed E-state index contributed by atoms with van der Waals surface area (Å²) in [6.07, 6.45) is 0.206. The second kappa shape index (κ2) is 4.84. The van der Waals surface area contributed by atoms with Crippen LogP contribution in [0, 0.1) is 6.92 Å². The van der Waals surface area contributed by atoms with E-state index >= 15 is 0 Å². The molecule has 19 heavy (non-hydrogen) atoms. The first-order valence-corrected chi connectivity index (χ1v) is 6.16. The molecule has 1 aromatic carbocycles. The SMILES string of the molecule is CCC(CC(=O)O)N1C(=O)c2ccc(C)cc2C1=O. The van der Waals surface area contributed by atoms with Crippen molar-refractivity contribution in [1.29, 1.82) is 0 Å². The van der Waals surface area contributed by atoms with Crippen LogP contribution in [0.5, 0.6) is 0 Å². The standard InChI is InChI=1S/C14H15NO4/c1-3-9(7-12(16)17)15-13(18)10-5-4-8(2)6-11(10)14(15)19/h4-6,9H,3,7H2,1-2H3,(H,16,17). The minimum absolute atomic E-state index is 0.221. The van der Waals surface area contributed by atoms with Gasteiger partial charge in [0.15, 0.2) is 0 Å². The van der Waals surface area contributed by atoms with Crippen LogP contribution < -0.4 is 0 Å².